The Morgan fingerprint density at radius 1 is 1.12 bits per heavy atom. The standard InChI is InChI=1S/C20H21NO3/c1-20(2,3)24-19(23)21-11-16-8-5-9-17(18(16)12-21)15-7-4-6-14(10-15)13-22/h4-10,13H,11-12H2,1-3H3. The first kappa shape index (κ1) is 16.2. The monoisotopic (exact) mass is 323 g/mol. The second kappa shape index (κ2) is 6.11. The van der Waals surface area contributed by atoms with E-state index in [0.29, 0.717) is 18.7 Å². The molecule has 0 N–H and O–H groups in total. The van der Waals surface area contributed by atoms with E-state index in [4.69, 9.17) is 4.74 Å². The van der Waals surface area contributed by atoms with Crippen LogP contribution in [0.25, 0.3) is 11.1 Å². The van der Waals surface area contributed by atoms with Crippen LogP contribution >= 0.6 is 0 Å². The van der Waals surface area contributed by atoms with Crippen molar-refractivity contribution in [2.45, 2.75) is 39.5 Å². The van der Waals surface area contributed by atoms with Crippen LogP contribution in [0.4, 0.5) is 4.79 Å². The Morgan fingerprint density at radius 2 is 1.88 bits per heavy atom. The largest absolute Gasteiger partial charge is 0.444 e. The van der Waals surface area contributed by atoms with Crippen molar-refractivity contribution in [1.29, 1.82) is 0 Å². The zero-order valence-corrected chi connectivity index (χ0v) is 14.2. The van der Waals surface area contributed by atoms with Gasteiger partial charge >= 0.3 is 6.09 Å². The Hall–Kier alpha value is -2.62. The van der Waals surface area contributed by atoms with Crippen LogP contribution in [0, 0.1) is 0 Å². The summed E-state index contributed by atoms with van der Waals surface area (Å²) < 4.78 is 5.48. The average Bonchev–Trinajstić information content (AvgIpc) is 2.97. The Kier molecular flexibility index (Phi) is 4.14. The van der Waals surface area contributed by atoms with Gasteiger partial charge in [0, 0.05) is 12.1 Å². The highest BCUT2D eigenvalue weighted by molar-refractivity contribution is 5.80. The third-order valence-corrected chi connectivity index (χ3v) is 3.97. The number of carbonyl (C=O) groups is 2. The highest BCUT2D eigenvalue weighted by atomic mass is 16.6. The SMILES string of the molecule is CC(C)(C)OC(=O)N1Cc2cccc(-c3cccc(C=O)c3)c2C1. The topological polar surface area (TPSA) is 46.6 Å². The first-order valence-electron chi connectivity index (χ1n) is 8.02. The molecule has 0 spiro atoms. The van der Waals surface area contributed by atoms with Crippen LogP contribution < -0.4 is 0 Å². The van der Waals surface area contributed by atoms with Crippen LogP contribution in [0.5, 0.6) is 0 Å². The lowest BCUT2D eigenvalue weighted by Crippen LogP contribution is -2.33. The van der Waals surface area contributed by atoms with Gasteiger partial charge in [-0.05, 0) is 49.1 Å². The van der Waals surface area contributed by atoms with Crippen LogP contribution in [0.1, 0.15) is 42.3 Å². The van der Waals surface area contributed by atoms with Crippen molar-refractivity contribution in [3.8, 4) is 11.1 Å². The van der Waals surface area contributed by atoms with Crippen molar-refractivity contribution < 1.29 is 14.3 Å². The van der Waals surface area contributed by atoms with E-state index in [2.05, 4.69) is 0 Å². The van der Waals surface area contributed by atoms with E-state index >= 15 is 0 Å². The molecule has 2 aromatic rings. The number of carbonyl (C=O) groups excluding carboxylic acids is 2. The van der Waals surface area contributed by atoms with E-state index in [1.165, 1.54) is 0 Å². The minimum absolute atomic E-state index is 0.300. The summed E-state index contributed by atoms with van der Waals surface area (Å²) in [6.07, 6.45) is 0.547. The molecular formula is C20H21NO3. The minimum atomic E-state index is -0.507. The Labute approximate surface area is 142 Å². The van der Waals surface area contributed by atoms with Crippen LogP contribution in [0.15, 0.2) is 42.5 Å². The van der Waals surface area contributed by atoms with E-state index < -0.39 is 5.60 Å². The van der Waals surface area contributed by atoms with E-state index in [0.717, 1.165) is 28.5 Å². The number of hydrogen-bond acceptors (Lipinski definition) is 3. The molecule has 0 fully saturated rings. The predicted molar refractivity (Wildman–Crippen MR) is 92.7 cm³/mol. The number of aldehydes is 1. The van der Waals surface area contributed by atoms with Gasteiger partial charge in [-0.15, -0.1) is 0 Å². The summed E-state index contributed by atoms with van der Waals surface area (Å²) in [7, 11) is 0. The molecule has 0 unspecified atom stereocenters. The van der Waals surface area contributed by atoms with Gasteiger partial charge in [-0.3, -0.25) is 9.69 Å². The molecular weight excluding hydrogens is 302 g/mol. The van der Waals surface area contributed by atoms with Crippen molar-refractivity contribution in [3.05, 3.63) is 59.2 Å². The lowest BCUT2D eigenvalue weighted by molar-refractivity contribution is 0.0242. The summed E-state index contributed by atoms with van der Waals surface area (Å²) in [6.45, 7) is 6.66. The summed E-state index contributed by atoms with van der Waals surface area (Å²) in [5, 5.41) is 0. The minimum Gasteiger partial charge on any atom is -0.444 e. The maximum atomic E-state index is 12.3. The summed E-state index contributed by atoms with van der Waals surface area (Å²) in [5.41, 5.74) is 4.42. The van der Waals surface area contributed by atoms with Crippen molar-refractivity contribution in [1.82, 2.24) is 4.90 Å². The van der Waals surface area contributed by atoms with Crippen molar-refractivity contribution in [2.75, 3.05) is 0 Å². The number of amides is 1. The molecule has 0 aliphatic carbocycles. The number of rotatable bonds is 2. The second-order valence-electron chi connectivity index (χ2n) is 7.02. The zero-order valence-electron chi connectivity index (χ0n) is 14.2. The number of benzene rings is 2. The van der Waals surface area contributed by atoms with Crippen molar-refractivity contribution in [2.24, 2.45) is 0 Å². The normalized spacial score (nSPS) is 13.5. The maximum Gasteiger partial charge on any atom is 0.410 e. The molecule has 0 aromatic heterocycles. The van der Waals surface area contributed by atoms with Crippen molar-refractivity contribution >= 4 is 12.4 Å². The molecule has 1 aliphatic heterocycles. The van der Waals surface area contributed by atoms with E-state index in [9.17, 15) is 9.59 Å². The molecule has 0 radical (unpaired) electrons. The van der Waals surface area contributed by atoms with E-state index in [-0.39, 0.29) is 6.09 Å². The van der Waals surface area contributed by atoms with Crippen LogP contribution in [-0.2, 0) is 17.8 Å². The first-order valence-corrected chi connectivity index (χ1v) is 8.02. The van der Waals surface area contributed by atoms with E-state index in [1.54, 1.807) is 11.0 Å². The highest BCUT2D eigenvalue weighted by Gasteiger charge is 2.29. The van der Waals surface area contributed by atoms with Crippen LogP contribution in [0.2, 0.25) is 0 Å². The number of nitrogens with zero attached hydrogens (tertiary/aromatic N) is 1. The average molecular weight is 323 g/mol. The zero-order chi connectivity index (χ0) is 17.3. The van der Waals surface area contributed by atoms with Crippen LogP contribution in [-0.4, -0.2) is 22.9 Å². The molecule has 3 rings (SSSR count). The molecule has 0 bridgehead atoms. The fraction of sp³-hybridized carbons (Fsp3) is 0.300. The maximum absolute atomic E-state index is 12.3. The molecule has 4 heteroatoms. The Bertz CT molecular complexity index is 790. The Balaban J connectivity index is 1.90. The number of ether oxygens (including phenoxy) is 1. The molecule has 1 amide bonds. The summed E-state index contributed by atoms with van der Waals surface area (Å²) >= 11 is 0. The fourth-order valence-electron chi connectivity index (χ4n) is 2.93. The molecule has 1 heterocycles. The Morgan fingerprint density at radius 3 is 2.58 bits per heavy atom. The molecule has 0 atom stereocenters. The highest BCUT2D eigenvalue weighted by Crippen LogP contribution is 2.33. The number of fused-ring (bicyclic) bond motifs is 1. The van der Waals surface area contributed by atoms with Gasteiger partial charge in [0.15, 0.2) is 0 Å². The molecule has 0 saturated carbocycles. The van der Waals surface area contributed by atoms with Gasteiger partial charge in [-0.1, -0.05) is 36.4 Å². The molecule has 124 valence electrons. The van der Waals surface area contributed by atoms with Gasteiger partial charge in [-0.25, -0.2) is 4.79 Å². The van der Waals surface area contributed by atoms with Gasteiger partial charge in [0.2, 0.25) is 0 Å². The molecule has 4 nitrogen and oxygen atoms in total. The van der Waals surface area contributed by atoms with Gasteiger partial charge in [0.05, 0.1) is 6.54 Å². The summed E-state index contributed by atoms with van der Waals surface area (Å²) in [6, 6.07) is 13.6. The smallest absolute Gasteiger partial charge is 0.410 e. The quantitative estimate of drug-likeness (QED) is 0.769. The third kappa shape index (κ3) is 3.32. The van der Waals surface area contributed by atoms with Gasteiger partial charge in [-0.2, -0.15) is 0 Å². The molecule has 2 aromatic carbocycles. The first-order chi connectivity index (χ1) is 11.4. The number of hydrogen-bond donors (Lipinski definition) is 0. The molecule has 24 heavy (non-hydrogen) atoms. The van der Waals surface area contributed by atoms with Gasteiger partial charge in [0.1, 0.15) is 11.9 Å². The lowest BCUT2D eigenvalue weighted by atomic mass is 9.96. The summed E-state index contributed by atoms with van der Waals surface area (Å²) in [4.78, 5) is 25.1. The predicted octanol–water partition coefficient (Wildman–Crippen LogP) is 4.42. The molecule has 1 aliphatic rings. The van der Waals surface area contributed by atoms with Crippen LogP contribution in [0.3, 0.4) is 0 Å². The summed E-state index contributed by atoms with van der Waals surface area (Å²) in [5.74, 6) is 0. The third-order valence-electron chi connectivity index (χ3n) is 3.97. The van der Waals surface area contributed by atoms with Gasteiger partial charge in [0.25, 0.3) is 0 Å². The van der Waals surface area contributed by atoms with E-state index in [1.807, 2.05) is 57.2 Å². The lowest BCUT2D eigenvalue weighted by Gasteiger charge is -2.24. The second-order valence-corrected chi connectivity index (χ2v) is 7.02. The van der Waals surface area contributed by atoms with Gasteiger partial charge < -0.3 is 4.74 Å². The fourth-order valence-corrected chi connectivity index (χ4v) is 2.93. The molecule has 0 saturated heterocycles. The van der Waals surface area contributed by atoms with Crippen molar-refractivity contribution in [3.63, 3.8) is 0 Å².